The normalized spacial score (nSPS) is 11.2. The van der Waals surface area contributed by atoms with Gasteiger partial charge in [0.1, 0.15) is 0 Å². The maximum absolute atomic E-state index is 12.4. The first-order valence-electron chi connectivity index (χ1n) is 8.92. The number of carbonyl (C=O) groups is 1. The number of nitrogens with one attached hydrogen (secondary N) is 2. The van der Waals surface area contributed by atoms with Crippen LogP contribution in [0.3, 0.4) is 0 Å². The average molecular weight is 394 g/mol. The zero-order valence-electron chi connectivity index (χ0n) is 15.6. The molecule has 0 atom stereocenters. The average Bonchev–Trinajstić information content (AvgIpc) is 2.69. The van der Waals surface area contributed by atoms with Crippen LogP contribution in [0.5, 0.6) is 0 Å². The molecular weight excluding hydrogens is 372 g/mol. The van der Waals surface area contributed by atoms with E-state index in [1.165, 1.54) is 12.1 Å². The maximum Gasteiger partial charge on any atom is 0.240 e. The highest BCUT2D eigenvalue weighted by Gasteiger charge is 2.14. The fourth-order valence-corrected chi connectivity index (χ4v) is 3.78. The number of carbonyl (C=O) groups excluding carboxylic acids is 1. The summed E-state index contributed by atoms with van der Waals surface area (Å²) in [6, 6.07) is 23.2. The maximum atomic E-state index is 12.4. The van der Waals surface area contributed by atoms with Crippen LogP contribution in [0.15, 0.2) is 83.8 Å². The summed E-state index contributed by atoms with van der Waals surface area (Å²) < 4.78 is 27.4. The second-order valence-corrected chi connectivity index (χ2v) is 8.25. The molecule has 0 spiro atoms. The number of aryl methyl sites for hydroxylation is 1. The first-order chi connectivity index (χ1) is 13.4. The van der Waals surface area contributed by atoms with Gasteiger partial charge in [0.05, 0.1) is 11.3 Å². The molecule has 1 amide bonds. The Morgan fingerprint density at radius 1 is 0.857 bits per heavy atom. The third kappa shape index (κ3) is 5.28. The molecule has 0 aliphatic rings. The van der Waals surface area contributed by atoms with Gasteiger partial charge in [-0.05, 0) is 47.9 Å². The van der Waals surface area contributed by atoms with Crippen LogP contribution >= 0.6 is 0 Å². The highest BCUT2D eigenvalue weighted by Crippen LogP contribution is 2.15. The van der Waals surface area contributed by atoms with Crippen molar-refractivity contribution in [1.29, 1.82) is 0 Å². The van der Waals surface area contributed by atoms with Crippen molar-refractivity contribution < 1.29 is 13.2 Å². The minimum Gasteiger partial charge on any atom is -0.326 e. The van der Waals surface area contributed by atoms with E-state index in [0.29, 0.717) is 5.69 Å². The monoisotopic (exact) mass is 394 g/mol. The standard InChI is InChI=1S/C22H22N2O3S/c1-17-7-5-6-10-19(17)15-22(25)24-20-11-13-21(14-12-20)28(26,27)23-16-18-8-3-2-4-9-18/h2-14,23H,15-16H2,1H3,(H,24,25). The van der Waals surface area contributed by atoms with Gasteiger partial charge in [0, 0.05) is 12.2 Å². The van der Waals surface area contributed by atoms with E-state index < -0.39 is 10.0 Å². The molecule has 2 N–H and O–H groups in total. The van der Waals surface area contributed by atoms with Crippen LogP contribution in [0.25, 0.3) is 0 Å². The molecule has 0 saturated carbocycles. The van der Waals surface area contributed by atoms with E-state index in [1.54, 1.807) is 12.1 Å². The number of hydrogen-bond acceptors (Lipinski definition) is 3. The molecule has 6 heteroatoms. The summed E-state index contributed by atoms with van der Waals surface area (Å²) >= 11 is 0. The summed E-state index contributed by atoms with van der Waals surface area (Å²) in [7, 11) is -3.62. The molecule has 28 heavy (non-hydrogen) atoms. The van der Waals surface area contributed by atoms with Crippen molar-refractivity contribution in [3.05, 3.63) is 95.6 Å². The predicted molar refractivity (Wildman–Crippen MR) is 110 cm³/mol. The molecule has 0 saturated heterocycles. The minimum atomic E-state index is -3.62. The number of rotatable bonds is 7. The molecule has 144 valence electrons. The molecule has 0 radical (unpaired) electrons. The third-order valence-electron chi connectivity index (χ3n) is 4.37. The van der Waals surface area contributed by atoms with Gasteiger partial charge < -0.3 is 5.32 Å². The summed E-state index contributed by atoms with van der Waals surface area (Å²) in [6.07, 6.45) is 0.269. The van der Waals surface area contributed by atoms with Crippen molar-refractivity contribution >= 4 is 21.6 Å². The lowest BCUT2D eigenvalue weighted by atomic mass is 10.1. The van der Waals surface area contributed by atoms with Crippen LogP contribution in [0.4, 0.5) is 5.69 Å². The van der Waals surface area contributed by atoms with Crippen LogP contribution in [0.2, 0.25) is 0 Å². The smallest absolute Gasteiger partial charge is 0.240 e. The van der Waals surface area contributed by atoms with Crippen molar-refractivity contribution in [1.82, 2.24) is 4.72 Å². The SMILES string of the molecule is Cc1ccccc1CC(=O)Nc1ccc(S(=O)(=O)NCc2ccccc2)cc1. The van der Waals surface area contributed by atoms with Gasteiger partial charge in [-0.2, -0.15) is 0 Å². The van der Waals surface area contributed by atoms with E-state index in [9.17, 15) is 13.2 Å². The molecule has 3 aromatic carbocycles. The van der Waals surface area contributed by atoms with E-state index in [1.807, 2.05) is 61.5 Å². The Labute approximate surface area is 165 Å². The topological polar surface area (TPSA) is 75.3 Å². The van der Waals surface area contributed by atoms with E-state index in [2.05, 4.69) is 10.0 Å². The Balaban J connectivity index is 1.61. The van der Waals surface area contributed by atoms with E-state index in [4.69, 9.17) is 0 Å². The van der Waals surface area contributed by atoms with Gasteiger partial charge >= 0.3 is 0 Å². The summed E-state index contributed by atoms with van der Waals surface area (Å²) in [5, 5.41) is 2.80. The van der Waals surface area contributed by atoms with Crippen LogP contribution in [-0.4, -0.2) is 14.3 Å². The van der Waals surface area contributed by atoms with Gasteiger partial charge in [-0.15, -0.1) is 0 Å². The Kier molecular flexibility index (Phi) is 6.23. The molecule has 0 aromatic heterocycles. The van der Waals surface area contributed by atoms with Crippen molar-refractivity contribution in [2.45, 2.75) is 24.8 Å². The molecule has 0 aliphatic heterocycles. The Morgan fingerprint density at radius 3 is 2.18 bits per heavy atom. The molecule has 0 fully saturated rings. The van der Waals surface area contributed by atoms with Crippen LogP contribution in [0, 0.1) is 6.92 Å². The first-order valence-corrected chi connectivity index (χ1v) is 10.4. The number of benzene rings is 3. The zero-order valence-corrected chi connectivity index (χ0v) is 16.4. The molecular formula is C22H22N2O3S. The van der Waals surface area contributed by atoms with Crippen LogP contribution in [-0.2, 0) is 27.8 Å². The quantitative estimate of drug-likeness (QED) is 0.642. The number of sulfonamides is 1. The lowest BCUT2D eigenvalue weighted by Crippen LogP contribution is -2.23. The number of amides is 1. The largest absolute Gasteiger partial charge is 0.326 e. The minimum absolute atomic E-state index is 0.146. The number of hydrogen-bond donors (Lipinski definition) is 2. The number of anilines is 1. The third-order valence-corrected chi connectivity index (χ3v) is 5.79. The van der Waals surface area contributed by atoms with Gasteiger partial charge in [0.15, 0.2) is 0 Å². The summed E-state index contributed by atoms with van der Waals surface area (Å²) in [5.41, 5.74) is 3.46. The van der Waals surface area contributed by atoms with Gasteiger partial charge in [0.25, 0.3) is 0 Å². The molecule has 3 aromatic rings. The van der Waals surface area contributed by atoms with Gasteiger partial charge in [-0.3, -0.25) is 4.79 Å². The second-order valence-electron chi connectivity index (χ2n) is 6.49. The van der Waals surface area contributed by atoms with Gasteiger partial charge in [-0.1, -0.05) is 54.6 Å². The Morgan fingerprint density at radius 2 is 1.50 bits per heavy atom. The summed E-state index contributed by atoms with van der Waals surface area (Å²) in [6.45, 7) is 2.18. The van der Waals surface area contributed by atoms with E-state index in [-0.39, 0.29) is 23.8 Å². The van der Waals surface area contributed by atoms with E-state index in [0.717, 1.165) is 16.7 Å². The fourth-order valence-electron chi connectivity index (χ4n) is 2.76. The van der Waals surface area contributed by atoms with E-state index >= 15 is 0 Å². The zero-order chi connectivity index (χ0) is 20.0. The highest BCUT2D eigenvalue weighted by atomic mass is 32.2. The molecule has 0 heterocycles. The van der Waals surface area contributed by atoms with Crippen molar-refractivity contribution in [3.8, 4) is 0 Å². The Hall–Kier alpha value is -2.96. The molecule has 0 unspecified atom stereocenters. The van der Waals surface area contributed by atoms with Crippen molar-refractivity contribution in [2.24, 2.45) is 0 Å². The van der Waals surface area contributed by atoms with Crippen molar-refractivity contribution in [2.75, 3.05) is 5.32 Å². The van der Waals surface area contributed by atoms with Crippen molar-refractivity contribution in [3.63, 3.8) is 0 Å². The fraction of sp³-hybridized carbons (Fsp3) is 0.136. The second kappa shape index (κ2) is 8.82. The first kappa shape index (κ1) is 19.8. The molecule has 0 bridgehead atoms. The molecule has 3 rings (SSSR count). The van der Waals surface area contributed by atoms with Crippen LogP contribution < -0.4 is 10.0 Å². The lowest BCUT2D eigenvalue weighted by Gasteiger charge is -2.09. The molecule has 5 nitrogen and oxygen atoms in total. The van der Waals surface area contributed by atoms with Gasteiger partial charge in [0.2, 0.25) is 15.9 Å². The molecule has 0 aliphatic carbocycles. The Bertz CT molecular complexity index is 1050. The lowest BCUT2D eigenvalue weighted by molar-refractivity contribution is -0.115. The highest BCUT2D eigenvalue weighted by molar-refractivity contribution is 7.89. The van der Waals surface area contributed by atoms with Gasteiger partial charge in [-0.25, -0.2) is 13.1 Å². The summed E-state index contributed by atoms with van der Waals surface area (Å²) in [4.78, 5) is 12.4. The van der Waals surface area contributed by atoms with Crippen LogP contribution in [0.1, 0.15) is 16.7 Å². The summed E-state index contributed by atoms with van der Waals surface area (Å²) in [5.74, 6) is -0.146. The predicted octanol–water partition coefficient (Wildman–Crippen LogP) is 3.65.